The average molecular weight is 545 g/mol. The van der Waals surface area contributed by atoms with Crippen molar-refractivity contribution in [1.82, 2.24) is 9.80 Å². The third-order valence-electron chi connectivity index (χ3n) is 8.87. The van der Waals surface area contributed by atoms with Crippen LogP contribution >= 0.6 is 0 Å². The number of methoxy groups -OCH3 is 2. The Balaban J connectivity index is 1.75. The van der Waals surface area contributed by atoms with Gasteiger partial charge in [0, 0.05) is 45.7 Å². The first kappa shape index (κ1) is 31.6. The zero-order valence-corrected chi connectivity index (χ0v) is 24.8. The van der Waals surface area contributed by atoms with E-state index in [1.54, 1.807) is 19.2 Å². The second kappa shape index (κ2) is 15.7. The maximum absolute atomic E-state index is 13.7. The molecule has 1 aliphatic carbocycles. The summed E-state index contributed by atoms with van der Waals surface area (Å²) in [5.41, 5.74) is 0.0233. The number of piperidine rings is 1. The van der Waals surface area contributed by atoms with Gasteiger partial charge in [-0.25, -0.2) is 4.79 Å². The normalized spacial score (nSPS) is 21.0. The molecule has 0 spiro atoms. The van der Waals surface area contributed by atoms with E-state index in [2.05, 4.69) is 19.0 Å². The molecule has 220 valence electrons. The highest BCUT2D eigenvalue weighted by molar-refractivity contribution is 5.89. The number of rotatable bonds is 14. The van der Waals surface area contributed by atoms with Gasteiger partial charge in [-0.3, -0.25) is 4.79 Å². The number of ether oxygens (including phenoxy) is 2. The lowest BCUT2D eigenvalue weighted by molar-refractivity contribution is -0.138. The molecule has 1 aromatic rings. The number of unbranched alkanes of at least 4 members (excludes halogenated alkanes) is 1. The van der Waals surface area contributed by atoms with Crippen molar-refractivity contribution in [2.24, 2.45) is 17.8 Å². The molecule has 0 bridgehead atoms. The lowest BCUT2D eigenvalue weighted by Crippen LogP contribution is -2.48. The third-order valence-corrected chi connectivity index (χ3v) is 8.87. The van der Waals surface area contributed by atoms with E-state index in [0.717, 1.165) is 56.7 Å². The van der Waals surface area contributed by atoms with Gasteiger partial charge in [0.05, 0.1) is 18.3 Å². The van der Waals surface area contributed by atoms with E-state index in [1.165, 1.54) is 39.2 Å². The summed E-state index contributed by atoms with van der Waals surface area (Å²) in [5.74, 6) is 0.804. The number of esters is 1. The molecule has 0 radical (unpaired) electrons. The molecule has 7 heteroatoms. The first-order valence-electron chi connectivity index (χ1n) is 15.1. The predicted molar refractivity (Wildman–Crippen MR) is 155 cm³/mol. The largest absolute Gasteiger partial charge is 0.465 e. The first-order chi connectivity index (χ1) is 18.8. The van der Waals surface area contributed by atoms with Gasteiger partial charge in [0.1, 0.15) is 0 Å². The SMILES string of the molecule is COCCCC[C@@](O)(c1cccc(C(=O)OC)c1)[C@@H]1CCCN(C(=O)C[C@@H](CC2CCCCC2)CN(C)C)C1. The van der Waals surface area contributed by atoms with E-state index in [0.29, 0.717) is 37.5 Å². The van der Waals surface area contributed by atoms with Gasteiger partial charge >= 0.3 is 5.97 Å². The van der Waals surface area contributed by atoms with E-state index in [9.17, 15) is 14.7 Å². The minimum atomic E-state index is -1.14. The van der Waals surface area contributed by atoms with Crippen LogP contribution in [-0.2, 0) is 19.9 Å². The highest BCUT2D eigenvalue weighted by Gasteiger charge is 2.41. The molecule has 2 fully saturated rings. The van der Waals surface area contributed by atoms with E-state index < -0.39 is 11.6 Å². The second-order valence-corrected chi connectivity index (χ2v) is 12.2. The minimum absolute atomic E-state index is 0.101. The standard InChI is InChI=1S/C32H52N2O5/c1-33(2)23-26(20-25-12-6-5-7-13-25)21-30(35)34-18-11-16-29(24-34)32(37,17-8-9-19-38-3)28-15-10-14-27(22-28)31(36)39-4/h10,14-15,22,25-26,29,37H,5-9,11-13,16-21,23-24H2,1-4H3/t26-,29-,32-/m1/s1. The number of amides is 1. The minimum Gasteiger partial charge on any atom is -0.465 e. The van der Waals surface area contributed by atoms with Crippen LogP contribution in [0.4, 0.5) is 0 Å². The molecule has 3 atom stereocenters. The highest BCUT2D eigenvalue weighted by atomic mass is 16.5. The van der Waals surface area contributed by atoms with Gasteiger partial charge in [0.25, 0.3) is 0 Å². The molecule has 1 saturated heterocycles. The lowest BCUT2D eigenvalue weighted by atomic mass is 9.73. The maximum Gasteiger partial charge on any atom is 0.337 e. The van der Waals surface area contributed by atoms with Crippen molar-refractivity contribution in [3.05, 3.63) is 35.4 Å². The van der Waals surface area contributed by atoms with Gasteiger partial charge < -0.3 is 24.4 Å². The van der Waals surface area contributed by atoms with Crippen molar-refractivity contribution in [2.75, 3.05) is 54.6 Å². The van der Waals surface area contributed by atoms with Crippen molar-refractivity contribution in [1.29, 1.82) is 0 Å². The van der Waals surface area contributed by atoms with Crippen LogP contribution in [0.5, 0.6) is 0 Å². The summed E-state index contributed by atoms with van der Waals surface area (Å²) in [4.78, 5) is 30.1. The molecular formula is C32H52N2O5. The Morgan fingerprint density at radius 2 is 1.87 bits per heavy atom. The van der Waals surface area contributed by atoms with E-state index in [-0.39, 0.29) is 11.8 Å². The van der Waals surface area contributed by atoms with Crippen molar-refractivity contribution < 1.29 is 24.2 Å². The summed E-state index contributed by atoms with van der Waals surface area (Å²) in [7, 11) is 7.26. The quantitative estimate of drug-likeness (QED) is 0.254. The Morgan fingerprint density at radius 1 is 1.10 bits per heavy atom. The molecule has 0 unspecified atom stereocenters. The molecule has 3 rings (SSSR count). The molecule has 0 aromatic heterocycles. The molecule has 1 amide bonds. The van der Waals surface area contributed by atoms with Crippen LogP contribution in [0.3, 0.4) is 0 Å². The Morgan fingerprint density at radius 3 is 2.56 bits per heavy atom. The monoisotopic (exact) mass is 544 g/mol. The summed E-state index contributed by atoms with van der Waals surface area (Å²) in [5, 5.41) is 12.3. The number of nitrogens with zero attached hydrogens (tertiary/aromatic N) is 2. The number of likely N-dealkylation sites (tertiary alicyclic amines) is 1. The smallest absolute Gasteiger partial charge is 0.337 e. The Bertz CT molecular complexity index is 900. The molecule has 2 aliphatic rings. The van der Waals surface area contributed by atoms with Gasteiger partial charge in [-0.05, 0) is 82.2 Å². The molecule has 1 saturated carbocycles. The van der Waals surface area contributed by atoms with Gasteiger partial charge in [0.15, 0.2) is 0 Å². The summed E-state index contributed by atoms with van der Waals surface area (Å²) in [6, 6.07) is 7.19. The second-order valence-electron chi connectivity index (χ2n) is 12.2. The lowest BCUT2D eigenvalue weighted by Gasteiger charge is -2.43. The molecular weight excluding hydrogens is 492 g/mol. The van der Waals surface area contributed by atoms with Crippen LogP contribution < -0.4 is 0 Å². The molecule has 1 aromatic carbocycles. The van der Waals surface area contributed by atoms with Gasteiger partial charge in [0.2, 0.25) is 5.91 Å². The van der Waals surface area contributed by atoms with Crippen molar-refractivity contribution in [3.8, 4) is 0 Å². The number of aliphatic hydroxyl groups is 1. The van der Waals surface area contributed by atoms with Crippen LogP contribution in [0.2, 0.25) is 0 Å². The number of hydrogen-bond acceptors (Lipinski definition) is 6. The van der Waals surface area contributed by atoms with Crippen LogP contribution in [0.1, 0.15) is 93.0 Å². The fourth-order valence-corrected chi connectivity index (χ4v) is 6.86. The van der Waals surface area contributed by atoms with Crippen molar-refractivity contribution in [3.63, 3.8) is 0 Å². The highest BCUT2D eigenvalue weighted by Crippen LogP contribution is 2.40. The molecule has 39 heavy (non-hydrogen) atoms. The van der Waals surface area contributed by atoms with Gasteiger partial charge in [-0.2, -0.15) is 0 Å². The van der Waals surface area contributed by atoms with Crippen LogP contribution in [-0.4, -0.2) is 81.3 Å². The zero-order valence-electron chi connectivity index (χ0n) is 24.8. The summed E-state index contributed by atoms with van der Waals surface area (Å²) in [6.45, 7) is 2.86. The summed E-state index contributed by atoms with van der Waals surface area (Å²) >= 11 is 0. The van der Waals surface area contributed by atoms with E-state index in [1.807, 2.05) is 17.0 Å². The van der Waals surface area contributed by atoms with E-state index >= 15 is 0 Å². The van der Waals surface area contributed by atoms with Crippen molar-refractivity contribution >= 4 is 11.9 Å². The van der Waals surface area contributed by atoms with Crippen LogP contribution in [0.25, 0.3) is 0 Å². The predicted octanol–water partition coefficient (Wildman–Crippen LogP) is 5.25. The molecule has 1 aliphatic heterocycles. The Labute approximate surface area is 236 Å². The summed E-state index contributed by atoms with van der Waals surface area (Å²) < 4.78 is 10.2. The van der Waals surface area contributed by atoms with Crippen molar-refractivity contribution in [2.45, 2.75) is 82.7 Å². The topological polar surface area (TPSA) is 79.3 Å². The third kappa shape index (κ3) is 9.29. The number of hydrogen-bond donors (Lipinski definition) is 1. The average Bonchev–Trinajstić information content (AvgIpc) is 2.95. The fourth-order valence-electron chi connectivity index (χ4n) is 6.86. The van der Waals surface area contributed by atoms with Crippen LogP contribution in [0.15, 0.2) is 24.3 Å². The fraction of sp³-hybridized carbons (Fsp3) is 0.750. The Kier molecular flexibility index (Phi) is 12.7. The molecule has 1 heterocycles. The van der Waals surface area contributed by atoms with Gasteiger partial charge in [-0.15, -0.1) is 0 Å². The van der Waals surface area contributed by atoms with Gasteiger partial charge in [-0.1, -0.05) is 44.2 Å². The first-order valence-corrected chi connectivity index (χ1v) is 15.1. The van der Waals surface area contributed by atoms with Crippen LogP contribution in [0, 0.1) is 17.8 Å². The van der Waals surface area contributed by atoms with E-state index in [4.69, 9.17) is 9.47 Å². The zero-order chi connectivity index (χ0) is 28.3. The Hall–Kier alpha value is -1.96. The number of carbonyl (C=O) groups excluding carboxylic acids is 2. The number of carbonyl (C=O) groups is 2. The molecule has 7 nitrogen and oxygen atoms in total. The summed E-state index contributed by atoms with van der Waals surface area (Å²) in [6.07, 6.45) is 12.2. The molecule has 1 N–H and O–H groups in total. The number of benzene rings is 1. The maximum atomic E-state index is 13.7.